The molecule has 0 atom stereocenters. The zero-order chi connectivity index (χ0) is 17.1. The second-order valence-corrected chi connectivity index (χ2v) is 5.72. The van der Waals surface area contributed by atoms with Crippen LogP contribution in [0.3, 0.4) is 0 Å². The van der Waals surface area contributed by atoms with E-state index in [9.17, 15) is 9.59 Å². The number of aromatic nitrogens is 2. The lowest BCUT2D eigenvalue weighted by Crippen LogP contribution is -2.38. The molecule has 0 unspecified atom stereocenters. The Labute approximate surface area is 140 Å². The molecule has 7 heteroatoms. The average Bonchev–Trinajstić information content (AvgIpc) is 2.91. The van der Waals surface area contributed by atoms with E-state index in [4.69, 9.17) is 4.74 Å². The van der Waals surface area contributed by atoms with Gasteiger partial charge in [0.2, 0.25) is 5.91 Å². The fraction of sp³-hybridized carbons (Fsp3) is 0.353. The molecule has 1 aromatic carbocycles. The Bertz CT molecular complexity index is 755. The fourth-order valence-electron chi connectivity index (χ4n) is 2.89. The molecule has 0 saturated carbocycles. The van der Waals surface area contributed by atoms with Gasteiger partial charge in [-0.25, -0.2) is 0 Å². The summed E-state index contributed by atoms with van der Waals surface area (Å²) in [6.45, 7) is 1.11. The minimum absolute atomic E-state index is 0.0568. The van der Waals surface area contributed by atoms with Crippen LogP contribution in [0.5, 0.6) is 0 Å². The van der Waals surface area contributed by atoms with E-state index in [1.165, 1.54) is 7.11 Å². The topological polar surface area (TPSA) is 76.5 Å². The van der Waals surface area contributed by atoms with E-state index in [-0.39, 0.29) is 18.4 Å². The number of nitrogens with one attached hydrogen (secondary N) is 1. The van der Waals surface area contributed by atoms with Gasteiger partial charge in [0.15, 0.2) is 5.82 Å². The molecule has 126 valence electrons. The molecular weight excluding hydrogens is 308 g/mol. The second-order valence-electron chi connectivity index (χ2n) is 5.72. The van der Waals surface area contributed by atoms with E-state index in [2.05, 4.69) is 10.4 Å². The highest BCUT2D eigenvalue weighted by Gasteiger charge is 2.27. The van der Waals surface area contributed by atoms with Gasteiger partial charge in [-0.15, -0.1) is 0 Å². The van der Waals surface area contributed by atoms with Crippen LogP contribution in [0.1, 0.15) is 21.6 Å². The molecular formula is C17H20N4O3. The maximum absolute atomic E-state index is 12.4. The average molecular weight is 328 g/mol. The molecule has 24 heavy (non-hydrogen) atoms. The maximum atomic E-state index is 12.4. The lowest BCUT2D eigenvalue weighted by atomic mass is 10.1. The number of amides is 2. The summed E-state index contributed by atoms with van der Waals surface area (Å²) in [6.07, 6.45) is 0.704. The molecule has 3 rings (SSSR count). The molecule has 2 heterocycles. The Morgan fingerprint density at radius 3 is 2.75 bits per heavy atom. The van der Waals surface area contributed by atoms with Crippen LogP contribution in [-0.4, -0.2) is 46.8 Å². The van der Waals surface area contributed by atoms with Crippen molar-refractivity contribution in [3.05, 3.63) is 47.2 Å². The summed E-state index contributed by atoms with van der Waals surface area (Å²) in [5.74, 6) is 0.237. The first-order chi connectivity index (χ1) is 11.6. The molecule has 7 nitrogen and oxygen atoms in total. The van der Waals surface area contributed by atoms with Crippen LogP contribution in [0.2, 0.25) is 0 Å². The van der Waals surface area contributed by atoms with Crippen LogP contribution >= 0.6 is 0 Å². The predicted octanol–water partition coefficient (Wildman–Crippen LogP) is 1.20. The molecule has 0 saturated heterocycles. The lowest BCUT2D eigenvalue weighted by molar-refractivity contribution is -0.136. The van der Waals surface area contributed by atoms with Gasteiger partial charge in [-0.3, -0.25) is 14.3 Å². The molecule has 0 aliphatic carbocycles. The third-order valence-electron chi connectivity index (χ3n) is 4.13. The van der Waals surface area contributed by atoms with Crippen LogP contribution in [-0.2, 0) is 29.5 Å². The van der Waals surface area contributed by atoms with Gasteiger partial charge in [-0.05, 0) is 12.1 Å². The molecule has 1 aliphatic heterocycles. The molecule has 2 amide bonds. The summed E-state index contributed by atoms with van der Waals surface area (Å²) in [5.41, 5.74) is 2.50. The number of hydrogen-bond donors (Lipinski definition) is 1. The normalized spacial score (nSPS) is 13.5. The monoisotopic (exact) mass is 328 g/mol. The molecule has 0 radical (unpaired) electrons. The van der Waals surface area contributed by atoms with Gasteiger partial charge in [0.05, 0.1) is 6.54 Å². The number of methoxy groups -OCH3 is 1. The first kappa shape index (κ1) is 16.2. The highest BCUT2D eigenvalue weighted by Crippen LogP contribution is 2.26. The quantitative estimate of drug-likeness (QED) is 0.915. The third-order valence-corrected chi connectivity index (χ3v) is 4.13. The van der Waals surface area contributed by atoms with Crippen LogP contribution in [0.4, 0.5) is 5.82 Å². The van der Waals surface area contributed by atoms with Crippen molar-refractivity contribution in [1.29, 1.82) is 0 Å². The van der Waals surface area contributed by atoms with Gasteiger partial charge in [0.25, 0.3) is 5.91 Å². The number of anilines is 1. The Kier molecular flexibility index (Phi) is 4.61. The Morgan fingerprint density at radius 1 is 1.29 bits per heavy atom. The van der Waals surface area contributed by atoms with E-state index in [0.717, 1.165) is 11.3 Å². The molecule has 2 aromatic rings. The number of benzene rings is 1. The van der Waals surface area contributed by atoms with Crippen LogP contribution in [0.15, 0.2) is 30.3 Å². The fourth-order valence-corrected chi connectivity index (χ4v) is 2.89. The molecule has 1 N–H and O–H groups in total. The number of nitrogens with zero attached hydrogens (tertiary/aromatic N) is 3. The molecule has 1 aromatic heterocycles. The summed E-state index contributed by atoms with van der Waals surface area (Å²) >= 11 is 0. The van der Waals surface area contributed by atoms with Crippen molar-refractivity contribution in [3.8, 4) is 0 Å². The SMILES string of the molecule is COCC(=O)N1CCc2c(c(NC(=O)c3ccccc3)nn2C)C1. The standard InChI is InChI=1S/C17H20N4O3/c1-20-14-8-9-21(15(22)11-24-2)10-13(14)16(19-20)18-17(23)12-6-4-3-5-7-12/h3-7H,8-11H2,1-2H3,(H,18,19,23). The molecule has 0 spiro atoms. The van der Waals surface area contributed by atoms with Crippen molar-refractivity contribution in [2.45, 2.75) is 13.0 Å². The molecule has 0 fully saturated rings. The Balaban J connectivity index is 1.81. The van der Waals surface area contributed by atoms with E-state index in [1.807, 2.05) is 25.2 Å². The minimum Gasteiger partial charge on any atom is -0.375 e. The van der Waals surface area contributed by atoms with Crippen molar-refractivity contribution in [3.63, 3.8) is 0 Å². The Hall–Kier alpha value is -2.67. The van der Waals surface area contributed by atoms with Crippen LogP contribution in [0.25, 0.3) is 0 Å². The van der Waals surface area contributed by atoms with Gasteiger partial charge in [0, 0.05) is 43.9 Å². The van der Waals surface area contributed by atoms with Crippen LogP contribution < -0.4 is 5.32 Å². The lowest BCUT2D eigenvalue weighted by Gasteiger charge is -2.27. The van der Waals surface area contributed by atoms with Gasteiger partial charge in [-0.1, -0.05) is 18.2 Å². The number of hydrogen-bond acceptors (Lipinski definition) is 4. The number of carbonyl (C=O) groups excluding carboxylic acids is 2. The van der Waals surface area contributed by atoms with Gasteiger partial charge >= 0.3 is 0 Å². The summed E-state index contributed by atoms with van der Waals surface area (Å²) < 4.78 is 6.69. The zero-order valence-electron chi connectivity index (χ0n) is 13.8. The number of fused-ring (bicyclic) bond motifs is 1. The zero-order valence-corrected chi connectivity index (χ0v) is 13.8. The van der Waals surface area contributed by atoms with Crippen LogP contribution in [0, 0.1) is 0 Å². The second kappa shape index (κ2) is 6.84. The predicted molar refractivity (Wildman–Crippen MR) is 88.6 cm³/mol. The van der Waals surface area contributed by atoms with Crippen molar-refractivity contribution in [2.24, 2.45) is 7.05 Å². The highest BCUT2D eigenvalue weighted by molar-refractivity contribution is 6.04. The van der Waals surface area contributed by atoms with Gasteiger partial charge in [0.1, 0.15) is 6.61 Å². The first-order valence-electron chi connectivity index (χ1n) is 7.78. The number of rotatable bonds is 4. The van der Waals surface area contributed by atoms with Gasteiger partial charge < -0.3 is 15.0 Å². The summed E-state index contributed by atoms with van der Waals surface area (Å²) in [5, 5.41) is 7.27. The van der Waals surface area contributed by atoms with Crippen molar-refractivity contribution in [2.75, 3.05) is 25.6 Å². The number of aryl methyl sites for hydroxylation is 1. The van der Waals surface area contributed by atoms with Gasteiger partial charge in [-0.2, -0.15) is 5.10 Å². The minimum atomic E-state index is -0.211. The van der Waals surface area contributed by atoms with E-state index in [1.54, 1.807) is 21.7 Å². The maximum Gasteiger partial charge on any atom is 0.256 e. The van der Waals surface area contributed by atoms with Crippen molar-refractivity contribution in [1.82, 2.24) is 14.7 Å². The number of ether oxygens (including phenoxy) is 1. The molecule has 0 bridgehead atoms. The van der Waals surface area contributed by atoms with Crippen molar-refractivity contribution >= 4 is 17.6 Å². The number of carbonyl (C=O) groups is 2. The molecule has 1 aliphatic rings. The Morgan fingerprint density at radius 2 is 2.04 bits per heavy atom. The van der Waals surface area contributed by atoms with E-state index < -0.39 is 0 Å². The largest absolute Gasteiger partial charge is 0.375 e. The van der Waals surface area contributed by atoms with Crippen molar-refractivity contribution < 1.29 is 14.3 Å². The first-order valence-corrected chi connectivity index (χ1v) is 7.78. The third kappa shape index (κ3) is 3.16. The van der Waals surface area contributed by atoms with E-state index in [0.29, 0.717) is 30.9 Å². The summed E-state index contributed by atoms with van der Waals surface area (Å²) in [6, 6.07) is 8.99. The summed E-state index contributed by atoms with van der Waals surface area (Å²) in [4.78, 5) is 26.2. The highest BCUT2D eigenvalue weighted by atomic mass is 16.5. The smallest absolute Gasteiger partial charge is 0.256 e. The van der Waals surface area contributed by atoms with E-state index >= 15 is 0 Å². The summed E-state index contributed by atoms with van der Waals surface area (Å²) in [7, 11) is 3.35.